The highest BCUT2D eigenvalue weighted by Crippen LogP contribution is 2.31. The van der Waals surface area contributed by atoms with Crippen LogP contribution in [-0.4, -0.2) is 88.0 Å². The SMILES string of the molecule is CCN1CCN([C@@H]2CC=C(NC3=CC[C@H](CC[C@H]4CC(C(=O)NOC)=C[C@@H](OC)C4)CN3)CN2)CC1. The van der Waals surface area contributed by atoms with Gasteiger partial charge in [0, 0.05) is 57.6 Å². The summed E-state index contributed by atoms with van der Waals surface area (Å²) in [6, 6.07) is 0. The number of nitrogens with zero attached hydrogens (tertiary/aromatic N) is 2. The molecule has 0 radical (unpaired) electrons. The number of methoxy groups -OCH3 is 1. The van der Waals surface area contributed by atoms with Gasteiger partial charge in [-0.05, 0) is 69.1 Å². The molecule has 9 nitrogen and oxygen atoms in total. The van der Waals surface area contributed by atoms with Crippen molar-refractivity contribution >= 4 is 5.91 Å². The van der Waals surface area contributed by atoms with E-state index in [9.17, 15) is 4.79 Å². The van der Waals surface area contributed by atoms with E-state index in [4.69, 9.17) is 9.57 Å². The van der Waals surface area contributed by atoms with E-state index in [2.05, 4.69) is 50.3 Å². The summed E-state index contributed by atoms with van der Waals surface area (Å²) in [6.07, 6.45) is 13.2. The maximum Gasteiger partial charge on any atom is 0.270 e. The fourth-order valence-electron chi connectivity index (χ4n) is 5.85. The maximum absolute atomic E-state index is 12.2. The van der Waals surface area contributed by atoms with Crippen molar-refractivity contribution in [1.29, 1.82) is 0 Å². The molecule has 1 fully saturated rings. The van der Waals surface area contributed by atoms with E-state index in [0.717, 1.165) is 82.6 Å². The fourth-order valence-corrected chi connectivity index (χ4v) is 5.85. The Morgan fingerprint density at radius 1 is 1.11 bits per heavy atom. The van der Waals surface area contributed by atoms with Gasteiger partial charge < -0.3 is 20.3 Å². The number of allylic oxidation sites excluding steroid dienone is 1. The first-order valence-electron chi connectivity index (χ1n) is 13.7. The van der Waals surface area contributed by atoms with Gasteiger partial charge in [0.25, 0.3) is 5.91 Å². The summed E-state index contributed by atoms with van der Waals surface area (Å²) in [7, 11) is 3.18. The van der Waals surface area contributed by atoms with Crippen molar-refractivity contribution in [1.82, 2.24) is 31.2 Å². The molecule has 4 N–H and O–H groups in total. The Bertz CT molecular complexity index is 820. The van der Waals surface area contributed by atoms with Crippen LogP contribution in [-0.2, 0) is 14.4 Å². The number of carbonyl (C=O) groups excluding carboxylic acids is 1. The highest BCUT2D eigenvalue weighted by Gasteiger charge is 2.28. The summed E-state index contributed by atoms with van der Waals surface area (Å²) >= 11 is 0. The van der Waals surface area contributed by atoms with Crippen LogP contribution in [0.15, 0.2) is 35.3 Å². The third kappa shape index (κ3) is 7.55. The number of likely N-dealkylation sites (N-methyl/N-ethyl adjacent to an activating group) is 1. The standard InChI is InChI=1S/C27H46N6O3/c1-4-32-11-13-33(14-12-32)26-10-8-23(19-29-26)30-25-9-7-20(18-28-25)5-6-21-15-22(27(34)31-36-3)17-24(16-21)35-2/h8-9,17,20-21,24,26,28-30H,4-7,10-16,18-19H2,1-3H3,(H,31,34)/t20-,21-,24-,26+/m0/s1. The van der Waals surface area contributed by atoms with Gasteiger partial charge in [0.2, 0.25) is 0 Å². The molecule has 0 saturated carbocycles. The van der Waals surface area contributed by atoms with Crippen molar-refractivity contribution in [2.75, 3.05) is 60.0 Å². The minimum absolute atomic E-state index is 0.000501. The highest BCUT2D eigenvalue weighted by molar-refractivity contribution is 5.92. The van der Waals surface area contributed by atoms with Gasteiger partial charge in [0.15, 0.2) is 0 Å². The van der Waals surface area contributed by atoms with Crippen molar-refractivity contribution in [2.45, 2.75) is 57.7 Å². The quantitative estimate of drug-likeness (QED) is 0.336. The number of hydrogen-bond acceptors (Lipinski definition) is 8. The van der Waals surface area contributed by atoms with Crippen molar-refractivity contribution in [2.24, 2.45) is 11.8 Å². The first kappa shape index (κ1) is 27.1. The molecule has 0 aromatic rings. The van der Waals surface area contributed by atoms with Gasteiger partial charge in [0.1, 0.15) is 0 Å². The third-order valence-corrected chi connectivity index (χ3v) is 8.18. The summed E-state index contributed by atoms with van der Waals surface area (Å²) < 4.78 is 5.57. The summed E-state index contributed by atoms with van der Waals surface area (Å²) in [4.78, 5) is 22.2. The van der Waals surface area contributed by atoms with Crippen molar-refractivity contribution in [3.63, 3.8) is 0 Å². The zero-order chi connectivity index (χ0) is 25.3. The molecule has 36 heavy (non-hydrogen) atoms. The van der Waals surface area contributed by atoms with Crippen LogP contribution in [0, 0.1) is 11.8 Å². The van der Waals surface area contributed by atoms with Crippen LogP contribution in [0.1, 0.15) is 45.4 Å². The fraction of sp³-hybridized carbons (Fsp3) is 0.741. The number of hydroxylamine groups is 1. The molecule has 1 aliphatic carbocycles. The number of amides is 1. The summed E-state index contributed by atoms with van der Waals surface area (Å²) in [5, 5.41) is 10.9. The molecule has 1 amide bonds. The Labute approximate surface area is 216 Å². The van der Waals surface area contributed by atoms with E-state index < -0.39 is 0 Å². The van der Waals surface area contributed by atoms with E-state index in [1.54, 1.807) is 7.11 Å². The molecule has 202 valence electrons. The van der Waals surface area contributed by atoms with Gasteiger partial charge in [-0.3, -0.25) is 19.8 Å². The first-order chi connectivity index (χ1) is 17.6. The van der Waals surface area contributed by atoms with Gasteiger partial charge in [0.05, 0.1) is 25.2 Å². The number of ether oxygens (including phenoxy) is 1. The van der Waals surface area contributed by atoms with Crippen LogP contribution >= 0.6 is 0 Å². The monoisotopic (exact) mass is 502 g/mol. The average Bonchev–Trinajstić information content (AvgIpc) is 2.93. The highest BCUT2D eigenvalue weighted by atomic mass is 16.6. The van der Waals surface area contributed by atoms with Gasteiger partial charge in [-0.1, -0.05) is 13.0 Å². The Kier molecular flexibility index (Phi) is 10.2. The Balaban J connectivity index is 1.18. The lowest BCUT2D eigenvalue weighted by Gasteiger charge is -2.40. The molecule has 0 unspecified atom stereocenters. The lowest BCUT2D eigenvalue weighted by Crippen LogP contribution is -2.56. The van der Waals surface area contributed by atoms with Crippen LogP contribution in [0.3, 0.4) is 0 Å². The minimum atomic E-state index is -0.154. The number of hydrogen-bond donors (Lipinski definition) is 4. The van der Waals surface area contributed by atoms with Crippen LogP contribution < -0.4 is 21.4 Å². The van der Waals surface area contributed by atoms with Crippen molar-refractivity contribution in [3.05, 3.63) is 35.3 Å². The predicted octanol–water partition coefficient (Wildman–Crippen LogP) is 1.68. The molecule has 4 atom stereocenters. The third-order valence-electron chi connectivity index (χ3n) is 8.18. The summed E-state index contributed by atoms with van der Waals surface area (Å²) in [5.74, 6) is 2.05. The topological polar surface area (TPSA) is 90.1 Å². The largest absolute Gasteiger partial charge is 0.377 e. The molecule has 4 aliphatic rings. The van der Waals surface area contributed by atoms with Gasteiger partial charge >= 0.3 is 0 Å². The van der Waals surface area contributed by atoms with Crippen molar-refractivity contribution < 1.29 is 14.4 Å². The second-order valence-corrected chi connectivity index (χ2v) is 10.5. The van der Waals surface area contributed by atoms with E-state index in [1.165, 1.54) is 25.9 Å². The lowest BCUT2D eigenvalue weighted by molar-refractivity contribution is -0.127. The molecule has 9 heteroatoms. The van der Waals surface area contributed by atoms with E-state index in [1.807, 2.05) is 6.08 Å². The molecule has 1 saturated heterocycles. The number of nitrogens with one attached hydrogen (secondary N) is 4. The van der Waals surface area contributed by atoms with Crippen LogP contribution in [0.2, 0.25) is 0 Å². The molecule has 0 aromatic heterocycles. The molecule has 0 aromatic carbocycles. The maximum atomic E-state index is 12.2. The Morgan fingerprint density at radius 3 is 2.56 bits per heavy atom. The normalized spacial score (nSPS) is 30.0. The second-order valence-electron chi connectivity index (χ2n) is 10.5. The Hall–Kier alpha value is -1.91. The second kappa shape index (κ2) is 13.6. The molecule has 0 bridgehead atoms. The van der Waals surface area contributed by atoms with Gasteiger partial charge in [-0.15, -0.1) is 0 Å². The Morgan fingerprint density at radius 2 is 1.92 bits per heavy atom. The molecule has 4 rings (SSSR count). The van der Waals surface area contributed by atoms with Gasteiger partial charge in [-0.25, -0.2) is 5.48 Å². The van der Waals surface area contributed by atoms with Crippen LogP contribution in [0.25, 0.3) is 0 Å². The zero-order valence-electron chi connectivity index (χ0n) is 22.4. The minimum Gasteiger partial charge on any atom is -0.377 e. The predicted molar refractivity (Wildman–Crippen MR) is 141 cm³/mol. The average molecular weight is 503 g/mol. The molecular formula is C27H46N6O3. The molecule has 3 aliphatic heterocycles. The lowest BCUT2D eigenvalue weighted by atomic mass is 9.81. The van der Waals surface area contributed by atoms with E-state index in [0.29, 0.717) is 18.0 Å². The number of rotatable bonds is 10. The summed E-state index contributed by atoms with van der Waals surface area (Å²) in [6.45, 7) is 9.93. The van der Waals surface area contributed by atoms with Gasteiger partial charge in [-0.2, -0.15) is 0 Å². The van der Waals surface area contributed by atoms with E-state index in [-0.39, 0.29) is 12.0 Å². The summed E-state index contributed by atoms with van der Waals surface area (Å²) in [5.41, 5.74) is 4.48. The smallest absolute Gasteiger partial charge is 0.270 e. The van der Waals surface area contributed by atoms with Crippen molar-refractivity contribution in [3.8, 4) is 0 Å². The van der Waals surface area contributed by atoms with E-state index >= 15 is 0 Å². The number of piperazine rings is 1. The molecular weight excluding hydrogens is 456 g/mol. The van der Waals surface area contributed by atoms with Crippen LogP contribution in [0.4, 0.5) is 0 Å². The van der Waals surface area contributed by atoms with Crippen LogP contribution in [0.5, 0.6) is 0 Å². The molecule has 0 spiro atoms. The number of carbonyl (C=O) groups is 1. The zero-order valence-corrected chi connectivity index (χ0v) is 22.4. The first-order valence-corrected chi connectivity index (χ1v) is 13.7. The molecule has 3 heterocycles.